The molecule has 0 aromatic carbocycles. The molecule has 3 aromatic rings. The molecule has 8 heteroatoms. The van der Waals surface area contributed by atoms with Crippen LogP contribution in [0.15, 0.2) is 9.95 Å². The van der Waals surface area contributed by atoms with Crippen molar-refractivity contribution in [1.29, 1.82) is 0 Å². The topological polar surface area (TPSA) is 76.5 Å². The first kappa shape index (κ1) is 18.7. The van der Waals surface area contributed by atoms with E-state index in [4.69, 9.17) is 4.98 Å². The summed E-state index contributed by atoms with van der Waals surface area (Å²) in [6.45, 7) is 6.51. The number of nitrogens with one attached hydrogen (secondary N) is 1. The van der Waals surface area contributed by atoms with Crippen LogP contribution in [-0.2, 0) is 19.2 Å². The van der Waals surface area contributed by atoms with Gasteiger partial charge in [0.25, 0.3) is 5.56 Å². The van der Waals surface area contributed by atoms with E-state index in [2.05, 4.69) is 40.5 Å². The standard InChI is InChI=1S/C19H25N5OS2/c1-5-10(2)8-13-11(3)27-18-15(13)17(25)20-14(21-18)9-26-19-23-22-16(24(19)4)12-6-7-12/h10,12H,5-9H2,1-4H3,(H,20,21,25)/t10-/m0/s1. The third kappa shape index (κ3) is 3.69. The van der Waals surface area contributed by atoms with Crippen LogP contribution in [0.5, 0.6) is 0 Å². The van der Waals surface area contributed by atoms with E-state index in [1.165, 1.54) is 23.3 Å². The number of H-pyrrole nitrogens is 1. The molecule has 3 heterocycles. The molecule has 0 unspecified atom stereocenters. The summed E-state index contributed by atoms with van der Waals surface area (Å²) in [7, 11) is 2.01. The molecule has 0 bridgehead atoms. The first-order valence-corrected chi connectivity index (χ1v) is 11.3. The zero-order valence-electron chi connectivity index (χ0n) is 16.2. The van der Waals surface area contributed by atoms with Crippen molar-refractivity contribution in [3.63, 3.8) is 0 Å². The average Bonchev–Trinajstić information content (AvgIpc) is 3.34. The maximum absolute atomic E-state index is 12.8. The number of fused-ring (bicyclic) bond motifs is 1. The molecule has 0 amide bonds. The second kappa shape index (κ2) is 7.39. The van der Waals surface area contributed by atoms with Crippen LogP contribution in [0.1, 0.15) is 61.1 Å². The van der Waals surface area contributed by atoms with E-state index in [9.17, 15) is 4.79 Å². The number of thiophene rings is 1. The lowest BCUT2D eigenvalue weighted by Gasteiger charge is -2.08. The first-order valence-electron chi connectivity index (χ1n) is 9.51. The van der Waals surface area contributed by atoms with Crippen molar-refractivity contribution in [2.24, 2.45) is 13.0 Å². The predicted octanol–water partition coefficient (Wildman–Crippen LogP) is 4.18. The molecule has 0 radical (unpaired) electrons. The SMILES string of the molecule is CC[C@H](C)Cc1c(C)sc2nc(CSc3nnc(C4CC4)n3C)[nH]c(=O)c12. The smallest absolute Gasteiger partial charge is 0.259 e. The number of aromatic amines is 1. The summed E-state index contributed by atoms with van der Waals surface area (Å²) in [5.74, 6) is 3.49. The summed E-state index contributed by atoms with van der Waals surface area (Å²) in [5.41, 5.74) is 1.15. The largest absolute Gasteiger partial charge is 0.309 e. The van der Waals surface area contributed by atoms with Crippen LogP contribution in [0.3, 0.4) is 0 Å². The Kier molecular flexibility index (Phi) is 5.11. The Hall–Kier alpha value is -1.67. The molecule has 6 nitrogen and oxygen atoms in total. The van der Waals surface area contributed by atoms with Gasteiger partial charge in [-0.25, -0.2) is 4.98 Å². The van der Waals surface area contributed by atoms with Crippen LogP contribution in [0.25, 0.3) is 10.2 Å². The molecule has 0 saturated heterocycles. The first-order chi connectivity index (χ1) is 13.0. The summed E-state index contributed by atoms with van der Waals surface area (Å²) in [4.78, 5) is 22.5. The zero-order chi connectivity index (χ0) is 19.1. The maximum atomic E-state index is 12.8. The van der Waals surface area contributed by atoms with Gasteiger partial charge in [0.1, 0.15) is 16.5 Å². The van der Waals surface area contributed by atoms with Gasteiger partial charge in [0.2, 0.25) is 0 Å². The molecule has 27 heavy (non-hydrogen) atoms. The van der Waals surface area contributed by atoms with Crippen LogP contribution >= 0.6 is 23.1 Å². The number of aromatic nitrogens is 5. The Balaban J connectivity index is 1.57. The lowest BCUT2D eigenvalue weighted by Crippen LogP contribution is -2.12. The molecular weight excluding hydrogens is 378 g/mol. The second-order valence-corrected chi connectivity index (χ2v) is 9.66. The van der Waals surface area contributed by atoms with Crippen molar-refractivity contribution >= 4 is 33.3 Å². The fourth-order valence-corrected chi connectivity index (χ4v) is 5.17. The van der Waals surface area contributed by atoms with Gasteiger partial charge in [0.15, 0.2) is 5.16 Å². The third-order valence-electron chi connectivity index (χ3n) is 5.31. The Morgan fingerprint density at radius 2 is 2.15 bits per heavy atom. The quantitative estimate of drug-likeness (QED) is 0.599. The number of hydrogen-bond acceptors (Lipinski definition) is 6. The summed E-state index contributed by atoms with van der Waals surface area (Å²) >= 11 is 3.20. The van der Waals surface area contributed by atoms with E-state index in [0.29, 0.717) is 23.4 Å². The third-order valence-corrected chi connectivity index (χ3v) is 7.38. The Bertz CT molecular complexity index is 1030. The molecule has 0 spiro atoms. The Morgan fingerprint density at radius 1 is 1.37 bits per heavy atom. The zero-order valence-corrected chi connectivity index (χ0v) is 17.8. The van der Waals surface area contributed by atoms with Gasteiger partial charge in [0, 0.05) is 17.8 Å². The molecule has 144 valence electrons. The lowest BCUT2D eigenvalue weighted by molar-refractivity contribution is 0.561. The van der Waals surface area contributed by atoms with Crippen molar-refractivity contribution in [3.8, 4) is 0 Å². The molecule has 0 aliphatic heterocycles. The molecule has 1 fully saturated rings. The van der Waals surface area contributed by atoms with Gasteiger partial charge in [-0.15, -0.1) is 21.5 Å². The van der Waals surface area contributed by atoms with Crippen molar-refractivity contribution in [3.05, 3.63) is 32.4 Å². The molecule has 1 atom stereocenters. The number of aryl methyl sites for hydroxylation is 1. The molecule has 1 saturated carbocycles. The summed E-state index contributed by atoms with van der Waals surface area (Å²) in [6.07, 6.45) is 4.46. The molecule has 1 aliphatic rings. The fourth-order valence-electron chi connectivity index (χ4n) is 3.31. The average molecular weight is 404 g/mol. The van der Waals surface area contributed by atoms with Crippen LogP contribution in [-0.4, -0.2) is 24.7 Å². The van der Waals surface area contributed by atoms with Gasteiger partial charge < -0.3 is 9.55 Å². The van der Waals surface area contributed by atoms with Crippen molar-refractivity contribution in [1.82, 2.24) is 24.7 Å². The lowest BCUT2D eigenvalue weighted by atomic mass is 9.98. The van der Waals surface area contributed by atoms with Crippen molar-refractivity contribution in [2.45, 2.75) is 63.3 Å². The minimum atomic E-state index is -0.0186. The highest BCUT2D eigenvalue weighted by Crippen LogP contribution is 2.39. The van der Waals surface area contributed by atoms with Gasteiger partial charge in [0.05, 0.1) is 11.1 Å². The number of hydrogen-bond donors (Lipinski definition) is 1. The normalized spacial score (nSPS) is 15.6. The maximum Gasteiger partial charge on any atom is 0.259 e. The minimum absolute atomic E-state index is 0.0186. The van der Waals surface area contributed by atoms with E-state index >= 15 is 0 Å². The van der Waals surface area contributed by atoms with E-state index in [1.807, 2.05) is 7.05 Å². The Morgan fingerprint density at radius 3 is 2.85 bits per heavy atom. The number of thioether (sulfide) groups is 1. The summed E-state index contributed by atoms with van der Waals surface area (Å²) < 4.78 is 2.07. The van der Waals surface area contributed by atoms with Crippen molar-refractivity contribution in [2.75, 3.05) is 0 Å². The Labute approximate surface area is 166 Å². The van der Waals surface area contributed by atoms with Crippen LogP contribution < -0.4 is 5.56 Å². The molecule has 1 N–H and O–H groups in total. The van der Waals surface area contributed by atoms with Crippen molar-refractivity contribution < 1.29 is 0 Å². The van der Waals surface area contributed by atoms with Gasteiger partial charge in [-0.2, -0.15) is 0 Å². The highest BCUT2D eigenvalue weighted by atomic mass is 32.2. The van der Waals surface area contributed by atoms with E-state index in [1.54, 1.807) is 23.1 Å². The van der Waals surface area contributed by atoms with E-state index < -0.39 is 0 Å². The highest BCUT2D eigenvalue weighted by molar-refractivity contribution is 7.98. The van der Waals surface area contributed by atoms with Gasteiger partial charge in [-0.1, -0.05) is 32.0 Å². The molecule has 4 rings (SSSR count). The predicted molar refractivity (Wildman–Crippen MR) is 111 cm³/mol. The molecular formula is C19H25N5OS2. The minimum Gasteiger partial charge on any atom is -0.309 e. The molecule has 3 aromatic heterocycles. The second-order valence-electron chi connectivity index (χ2n) is 7.51. The molecule has 1 aliphatic carbocycles. The van der Waals surface area contributed by atoms with Crippen LogP contribution in [0, 0.1) is 12.8 Å². The van der Waals surface area contributed by atoms with Crippen LogP contribution in [0.4, 0.5) is 0 Å². The summed E-state index contributed by atoms with van der Waals surface area (Å²) in [5, 5.41) is 10.3. The fraction of sp³-hybridized carbons (Fsp3) is 0.579. The van der Waals surface area contributed by atoms with E-state index in [0.717, 1.165) is 34.0 Å². The van der Waals surface area contributed by atoms with Gasteiger partial charge >= 0.3 is 0 Å². The number of nitrogens with zero attached hydrogens (tertiary/aromatic N) is 4. The van der Waals surface area contributed by atoms with Gasteiger partial charge in [-0.05, 0) is 37.7 Å². The van der Waals surface area contributed by atoms with Crippen LogP contribution in [0.2, 0.25) is 0 Å². The highest BCUT2D eigenvalue weighted by Gasteiger charge is 2.29. The summed E-state index contributed by atoms with van der Waals surface area (Å²) in [6, 6.07) is 0. The number of rotatable bonds is 7. The van der Waals surface area contributed by atoms with E-state index in [-0.39, 0.29) is 5.56 Å². The monoisotopic (exact) mass is 403 g/mol. The van der Waals surface area contributed by atoms with Gasteiger partial charge in [-0.3, -0.25) is 4.79 Å².